The summed E-state index contributed by atoms with van der Waals surface area (Å²) in [5, 5.41) is 9.75. The fraction of sp³-hybridized carbons (Fsp3) is 0.474. The number of benzene rings is 1. The van der Waals surface area contributed by atoms with Gasteiger partial charge in [-0.2, -0.15) is 18.3 Å². The van der Waals surface area contributed by atoms with Gasteiger partial charge >= 0.3 is 6.18 Å². The molecule has 0 spiro atoms. The summed E-state index contributed by atoms with van der Waals surface area (Å²) < 4.78 is 39.0. The zero-order valence-electron chi connectivity index (χ0n) is 14.9. The van der Waals surface area contributed by atoms with E-state index in [-0.39, 0.29) is 5.91 Å². The molecule has 1 saturated heterocycles. The molecule has 0 atom stereocenters. The summed E-state index contributed by atoms with van der Waals surface area (Å²) in [7, 11) is 0. The second-order valence-electron chi connectivity index (χ2n) is 6.82. The topological polar surface area (TPSA) is 59.0 Å². The van der Waals surface area contributed by atoms with Crippen LogP contribution in [0.3, 0.4) is 0 Å². The fourth-order valence-electron chi connectivity index (χ4n) is 3.18. The first-order chi connectivity index (χ1) is 12.9. The summed E-state index contributed by atoms with van der Waals surface area (Å²) in [5.41, 5.74) is 0.497. The molecule has 0 saturated carbocycles. The van der Waals surface area contributed by atoms with Crippen molar-refractivity contribution in [3.63, 3.8) is 0 Å². The van der Waals surface area contributed by atoms with Crippen LogP contribution in [0.5, 0.6) is 0 Å². The van der Waals surface area contributed by atoms with Crippen molar-refractivity contribution in [3.05, 3.63) is 47.8 Å². The molecular formula is C19H23F3N4O. The normalized spacial score (nSPS) is 15.7. The average molecular weight is 380 g/mol. The van der Waals surface area contributed by atoms with Crippen LogP contribution in [0.4, 0.5) is 13.2 Å². The van der Waals surface area contributed by atoms with Crippen LogP contribution in [-0.4, -0.2) is 28.8 Å². The van der Waals surface area contributed by atoms with E-state index in [0.29, 0.717) is 24.6 Å². The Morgan fingerprint density at radius 2 is 1.89 bits per heavy atom. The maximum absolute atomic E-state index is 12.6. The molecule has 146 valence electrons. The van der Waals surface area contributed by atoms with Gasteiger partial charge in [-0.1, -0.05) is 12.1 Å². The molecule has 1 aliphatic rings. The van der Waals surface area contributed by atoms with Crippen molar-refractivity contribution in [1.29, 1.82) is 0 Å². The second kappa shape index (κ2) is 8.56. The van der Waals surface area contributed by atoms with E-state index in [1.807, 2.05) is 0 Å². The zero-order chi connectivity index (χ0) is 19.3. The molecule has 1 aromatic heterocycles. The number of rotatable bonds is 6. The van der Waals surface area contributed by atoms with Gasteiger partial charge in [0.2, 0.25) is 5.91 Å². The Kier molecular flexibility index (Phi) is 6.15. The lowest BCUT2D eigenvalue weighted by Crippen LogP contribution is -2.29. The van der Waals surface area contributed by atoms with E-state index in [0.717, 1.165) is 44.0 Å². The molecule has 1 amide bonds. The van der Waals surface area contributed by atoms with Gasteiger partial charge < -0.3 is 10.6 Å². The lowest BCUT2D eigenvalue weighted by atomic mass is 9.93. The number of carbonyl (C=O) groups excluding carboxylic acids is 1. The zero-order valence-corrected chi connectivity index (χ0v) is 14.9. The maximum atomic E-state index is 12.6. The quantitative estimate of drug-likeness (QED) is 0.809. The molecule has 2 aromatic rings. The number of carbonyl (C=O) groups is 1. The summed E-state index contributed by atoms with van der Waals surface area (Å²) in [6.45, 7) is 2.46. The van der Waals surface area contributed by atoms with Gasteiger partial charge in [0, 0.05) is 19.2 Å². The van der Waals surface area contributed by atoms with Crippen LogP contribution in [-0.2, 0) is 17.5 Å². The molecule has 0 radical (unpaired) electrons. The van der Waals surface area contributed by atoms with E-state index >= 15 is 0 Å². The molecule has 27 heavy (non-hydrogen) atoms. The first kappa shape index (κ1) is 19.4. The molecule has 2 heterocycles. The number of hydrogen-bond acceptors (Lipinski definition) is 3. The minimum atomic E-state index is -4.45. The van der Waals surface area contributed by atoms with Crippen molar-refractivity contribution in [2.24, 2.45) is 5.92 Å². The van der Waals surface area contributed by atoms with Crippen LogP contribution in [0.25, 0.3) is 5.69 Å². The average Bonchev–Trinajstić information content (AvgIpc) is 3.17. The molecular weight excluding hydrogens is 357 g/mol. The molecule has 0 bridgehead atoms. The second-order valence-corrected chi connectivity index (χ2v) is 6.82. The molecule has 1 fully saturated rings. The fourth-order valence-corrected chi connectivity index (χ4v) is 3.18. The summed E-state index contributed by atoms with van der Waals surface area (Å²) in [4.78, 5) is 12.0. The Hall–Kier alpha value is -2.35. The van der Waals surface area contributed by atoms with Crippen molar-refractivity contribution < 1.29 is 18.0 Å². The number of nitrogens with zero attached hydrogens (tertiary/aromatic N) is 2. The molecule has 8 heteroatoms. The van der Waals surface area contributed by atoms with E-state index in [2.05, 4.69) is 15.7 Å². The lowest BCUT2D eigenvalue weighted by Gasteiger charge is -2.22. The third-order valence-corrected chi connectivity index (χ3v) is 4.81. The number of alkyl halides is 3. The minimum absolute atomic E-state index is 0.0273. The van der Waals surface area contributed by atoms with Crippen molar-refractivity contribution in [3.8, 4) is 5.69 Å². The van der Waals surface area contributed by atoms with E-state index in [1.54, 1.807) is 24.3 Å². The van der Waals surface area contributed by atoms with Crippen molar-refractivity contribution in [1.82, 2.24) is 20.4 Å². The van der Waals surface area contributed by atoms with Gasteiger partial charge in [-0.05, 0) is 62.0 Å². The van der Waals surface area contributed by atoms with E-state index in [4.69, 9.17) is 0 Å². The van der Waals surface area contributed by atoms with Gasteiger partial charge in [-0.25, -0.2) is 4.68 Å². The Labute approximate surface area is 155 Å². The van der Waals surface area contributed by atoms with Crippen LogP contribution in [0.15, 0.2) is 36.5 Å². The number of hydrogen-bond donors (Lipinski definition) is 2. The Morgan fingerprint density at radius 1 is 1.19 bits per heavy atom. The van der Waals surface area contributed by atoms with Gasteiger partial charge in [-0.3, -0.25) is 4.79 Å². The minimum Gasteiger partial charge on any atom is -0.352 e. The summed E-state index contributed by atoms with van der Waals surface area (Å²) in [6.07, 6.45) is 0.504. The van der Waals surface area contributed by atoms with Gasteiger partial charge in [0.15, 0.2) is 5.69 Å². The lowest BCUT2D eigenvalue weighted by molar-refractivity contribution is -0.141. The van der Waals surface area contributed by atoms with Gasteiger partial charge in [0.25, 0.3) is 0 Å². The van der Waals surface area contributed by atoms with Crippen LogP contribution in [0, 0.1) is 5.92 Å². The number of piperidine rings is 1. The Morgan fingerprint density at radius 3 is 2.52 bits per heavy atom. The van der Waals surface area contributed by atoms with Crippen LogP contribution >= 0.6 is 0 Å². The number of halogens is 3. The van der Waals surface area contributed by atoms with Crippen molar-refractivity contribution in [2.75, 3.05) is 13.1 Å². The molecule has 1 aromatic carbocycles. The summed E-state index contributed by atoms with van der Waals surface area (Å²) in [6, 6.07) is 7.86. The van der Waals surface area contributed by atoms with Crippen LogP contribution in [0.2, 0.25) is 0 Å². The first-order valence-corrected chi connectivity index (χ1v) is 9.11. The SMILES string of the molecule is O=C(CCC1CCNCC1)NCc1ccc(-n2ccc(C(F)(F)F)n2)cc1. The van der Waals surface area contributed by atoms with Crippen LogP contribution < -0.4 is 10.6 Å². The predicted octanol–water partition coefficient (Wildman–Crippen LogP) is 3.29. The summed E-state index contributed by atoms with van der Waals surface area (Å²) >= 11 is 0. The molecule has 0 unspecified atom stereocenters. The highest BCUT2D eigenvalue weighted by Crippen LogP contribution is 2.27. The van der Waals surface area contributed by atoms with Crippen molar-refractivity contribution in [2.45, 2.75) is 38.4 Å². The molecule has 5 nitrogen and oxygen atoms in total. The van der Waals surface area contributed by atoms with Crippen LogP contribution in [0.1, 0.15) is 36.9 Å². The standard InChI is InChI=1S/C19H23F3N4O/c20-19(21,22)17-9-12-26(25-17)16-4-1-15(2-5-16)13-24-18(27)6-3-14-7-10-23-11-8-14/h1-2,4-5,9,12,14,23H,3,6-8,10-11,13H2,(H,24,27). The Balaban J connectivity index is 1.47. The van der Waals surface area contributed by atoms with Gasteiger partial charge in [0.1, 0.15) is 0 Å². The van der Waals surface area contributed by atoms with E-state index < -0.39 is 11.9 Å². The molecule has 2 N–H and O–H groups in total. The predicted molar refractivity (Wildman–Crippen MR) is 95.2 cm³/mol. The van der Waals surface area contributed by atoms with E-state index in [1.165, 1.54) is 10.9 Å². The number of amides is 1. The Bertz CT molecular complexity index is 749. The monoisotopic (exact) mass is 380 g/mol. The highest BCUT2D eigenvalue weighted by molar-refractivity contribution is 5.75. The highest BCUT2D eigenvalue weighted by atomic mass is 19.4. The first-order valence-electron chi connectivity index (χ1n) is 9.11. The molecule has 3 rings (SSSR count). The third-order valence-electron chi connectivity index (χ3n) is 4.81. The number of nitrogens with one attached hydrogen (secondary N) is 2. The summed E-state index contributed by atoms with van der Waals surface area (Å²) in [5.74, 6) is 0.645. The third kappa shape index (κ3) is 5.56. The van der Waals surface area contributed by atoms with E-state index in [9.17, 15) is 18.0 Å². The smallest absolute Gasteiger partial charge is 0.352 e. The maximum Gasteiger partial charge on any atom is 0.435 e. The van der Waals surface area contributed by atoms with Gasteiger partial charge in [0.05, 0.1) is 5.69 Å². The highest BCUT2D eigenvalue weighted by Gasteiger charge is 2.33. The van der Waals surface area contributed by atoms with Crippen molar-refractivity contribution >= 4 is 5.91 Å². The van der Waals surface area contributed by atoms with Gasteiger partial charge in [-0.15, -0.1) is 0 Å². The molecule has 1 aliphatic heterocycles. The largest absolute Gasteiger partial charge is 0.435 e. The molecule has 0 aliphatic carbocycles. The number of aromatic nitrogens is 2.